The minimum atomic E-state index is 0.465. The molecule has 0 atom stereocenters. The summed E-state index contributed by atoms with van der Waals surface area (Å²) in [5.74, 6) is 0. The van der Waals surface area contributed by atoms with Crippen LogP contribution in [0.5, 0.6) is 0 Å². The molecule has 3 heteroatoms. The van der Waals surface area contributed by atoms with Crippen molar-refractivity contribution in [3.63, 3.8) is 0 Å². The van der Waals surface area contributed by atoms with E-state index in [-0.39, 0.29) is 0 Å². The first-order chi connectivity index (χ1) is 8.60. The molecular formula is C15H26N2S. The Morgan fingerprint density at radius 1 is 1.33 bits per heavy atom. The average Bonchev–Trinajstić information content (AvgIpc) is 2.73. The van der Waals surface area contributed by atoms with Gasteiger partial charge in [0.2, 0.25) is 0 Å². The average molecular weight is 266 g/mol. The van der Waals surface area contributed by atoms with Crippen LogP contribution in [0, 0.1) is 12.3 Å². The summed E-state index contributed by atoms with van der Waals surface area (Å²) in [6, 6.07) is 0.585. The van der Waals surface area contributed by atoms with Gasteiger partial charge in [-0.15, -0.1) is 11.3 Å². The molecule has 0 bridgehead atoms. The Hall–Kier alpha value is -0.410. The van der Waals surface area contributed by atoms with Crippen molar-refractivity contribution in [3.8, 4) is 0 Å². The quantitative estimate of drug-likeness (QED) is 0.873. The van der Waals surface area contributed by atoms with Crippen molar-refractivity contribution in [2.75, 3.05) is 6.54 Å². The Morgan fingerprint density at radius 2 is 2.06 bits per heavy atom. The van der Waals surface area contributed by atoms with E-state index in [1.54, 1.807) is 0 Å². The lowest BCUT2D eigenvalue weighted by Crippen LogP contribution is -2.40. The third-order valence-corrected chi connectivity index (χ3v) is 4.96. The number of hydrogen-bond acceptors (Lipinski definition) is 3. The van der Waals surface area contributed by atoms with Gasteiger partial charge in [0.05, 0.1) is 5.01 Å². The molecule has 0 amide bonds. The molecule has 102 valence electrons. The second kappa shape index (κ2) is 6.16. The molecule has 1 aliphatic rings. The zero-order valence-corrected chi connectivity index (χ0v) is 12.8. The van der Waals surface area contributed by atoms with Crippen LogP contribution in [0.4, 0.5) is 0 Å². The fourth-order valence-corrected chi connectivity index (χ4v) is 3.89. The molecule has 1 N–H and O–H groups in total. The maximum Gasteiger partial charge on any atom is 0.0934 e. The van der Waals surface area contributed by atoms with Crippen LogP contribution in [0.3, 0.4) is 0 Å². The van der Waals surface area contributed by atoms with Crippen LogP contribution in [-0.4, -0.2) is 17.6 Å². The first kappa shape index (κ1) is 14.0. The second-order valence-corrected chi connectivity index (χ2v) is 7.10. The fraction of sp³-hybridized carbons (Fsp3) is 0.800. The SMILES string of the molecule is Cc1csc(CC2(CNC(C)C)CCCCC2)n1. The van der Waals surface area contributed by atoms with E-state index in [1.165, 1.54) is 49.2 Å². The fourth-order valence-electron chi connectivity index (χ4n) is 2.94. The van der Waals surface area contributed by atoms with Gasteiger partial charge in [-0.2, -0.15) is 0 Å². The largest absolute Gasteiger partial charge is 0.314 e. The van der Waals surface area contributed by atoms with E-state index in [0.29, 0.717) is 11.5 Å². The van der Waals surface area contributed by atoms with E-state index in [2.05, 4.69) is 36.5 Å². The number of aromatic nitrogens is 1. The molecule has 1 fully saturated rings. The van der Waals surface area contributed by atoms with Gasteiger partial charge in [0.15, 0.2) is 0 Å². The molecule has 2 rings (SSSR count). The Bertz CT molecular complexity index is 364. The van der Waals surface area contributed by atoms with Crippen molar-refractivity contribution >= 4 is 11.3 Å². The molecule has 1 aromatic rings. The standard InChI is InChI=1S/C15H26N2S/c1-12(2)16-11-15(7-5-4-6-8-15)9-14-17-13(3)10-18-14/h10,12,16H,4-9,11H2,1-3H3. The molecular weight excluding hydrogens is 240 g/mol. The summed E-state index contributed by atoms with van der Waals surface area (Å²) in [6.45, 7) is 7.73. The van der Waals surface area contributed by atoms with Gasteiger partial charge >= 0.3 is 0 Å². The molecule has 0 radical (unpaired) electrons. The topological polar surface area (TPSA) is 24.9 Å². The molecule has 0 saturated heterocycles. The van der Waals surface area contributed by atoms with E-state index in [4.69, 9.17) is 0 Å². The highest BCUT2D eigenvalue weighted by atomic mass is 32.1. The monoisotopic (exact) mass is 266 g/mol. The summed E-state index contributed by atoms with van der Waals surface area (Å²) in [7, 11) is 0. The summed E-state index contributed by atoms with van der Waals surface area (Å²) in [5.41, 5.74) is 1.64. The van der Waals surface area contributed by atoms with Crippen LogP contribution in [0.2, 0.25) is 0 Å². The Kier molecular flexibility index (Phi) is 4.79. The Labute approximate surface area is 115 Å². The number of nitrogens with one attached hydrogen (secondary N) is 1. The minimum Gasteiger partial charge on any atom is -0.314 e. The van der Waals surface area contributed by atoms with E-state index in [9.17, 15) is 0 Å². The minimum absolute atomic E-state index is 0.465. The molecule has 18 heavy (non-hydrogen) atoms. The van der Waals surface area contributed by atoms with Gasteiger partial charge in [-0.05, 0) is 25.2 Å². The van der Waals surface area contributed by atoms with Crippen molar-refractivity contribution in [1.29, 1.82) is 0 Å². The van der Waals surface area contributed by atoms with Crippen molar-refractivity contribution < 1.29 is 0 Å². The van der Waals surface area contributed by atoms with Gasteiger partial charge in [-0.3, -0.25) is 0 Å². The summed E-state index contributed by atoms with van der Waals surface area (Å²) < 4.78 is 0. The van der Waals surface area contributed by atoms with E-state index in [1.807, 2.05) is 11.3 Å². The van der Waals surface area contributed by atoms with Gasteiger partial charge in [-0.25, -0.2) is 4.98 Å². The van der Waals surface area contributed by atoms with Gasteiger partial charge < -0.3 is 5.32 Å². The Morgan fingerprint density at radius 3 is 2.61 bits per heavy atom. The molecule has 0 aliphatic heterocycles. The molecule has 2 nitrogen and oxygen atoms in total. The smallest absolute Gasteiger partial charge is 0.0934 e. The van der Waals surface area contributed by atoms with Gasteiger partial charge in [0, 0.05) is 30.1 Å². The number of thiazole rings is 1. The van der Waals surface area contributed by atoms with Crippen molar-refractivity contribution in [2.24, 2.45) is 5.41 Å². The maximum absolute atomic E-state index is 4.67. The Balaban J connectivity index is 2.03. The van der Waals surface area contributed by atoms with E-state index < -0.39 is 0 Å². The molecule has 1 aromatic heterocycles. The maximum atomic E-state index is 4.67. The van der Waals surface area contributed by atoms with Crippen LogP contribution < -0.4 is 5.32 Å². The molecule has 1 heterocycles. The van der Waals surface area contributed by atoms with E-state index in [0.717, 1.165) is 6.54 Å². The number of nitrogens with zero attached hydrogens (tertiary/aromatic N) is 1. The highest BCUT2D eigenvalue weighted by Gasteiger charge is 2.33. The van der Waals surface area contributed by atoms with Crippen LogP contribution >= 0.6 is 11.3 Å². The third kappa shape index (κ3) is 3.79. The molecule has 1 saturated carbocycles. The highest BCUT2D eigenvalue weighted by Crippen LogP contribution is 2.39. The van der Waals surface area contributed by atoms with Crippen LogP contribution in [-0.2, 0) is 6.42 Å². The number of hydrogen-bond donors (Lipinski definition) is 1. The summed E-state index contributed by atoms with van der Waals surface area (Å²) in [5, 5.41) is 7.18. The second-order valence-electron chi connectivity index (χ2n) is 6.16. The molecule has 0 aromatic carbocycles. The summed E-state index contributed by atoms with van der Waals surface area (Å²) in [6.07, 6.45) is 8.11. The zero-order valence-electron chi connectivity index (χ0n) is 12.0. The first-order valence-corrected chi connectivity index (χ1v) is 8.12. The van der Waals surface area contributed by atoms with Crippen LogP contribution in [0.1, 0.15) is 56.7 Å². The third-order valence-electron chi connectivity index (χ3n) is 3.99. The van der Waals surface area contributed by atoms with Gasteiger partial charge in [0.25, 0.3) is 0 Å². The van der Waals surface area contributed by atoms with Crippen LogP contribution in [0.25, 0.3) is 0 Å². The predicted molar refractivity (Wildman–Crippen MR) is 79.2 cm³/mol. The summed E-state index contributed by atoms with van der Waals surface area (Å²) >= 11 is 1.84. The van der Waals surface area contributed by atoms with Crippen molar-refractivity contribution in [3.05, 3.63) is 16.1 Å². The van der Waals surface area contributed by atoms with Crippen molar-refractivity contribution in [1.82, 2.24) is 10.3 Å². The highest BCUT2D eigenvalue weighted by molar-refractivity contribution is 7.09. The zero-order chi connectivity index (χ0) is 13.0. The lowest BCUT2D eigenvalue weighted by atomic mass is 9.72. The predicted octanol–water partition coefficient (Wildman–Crippen LogP) is 3.94. The number of rotatable bonds is 5. The van der Waals surface area contributed by atoms with Gasteiger partial charge in [0.1, 0.15) is 0 Å². The molecule has 1 aliphatic carbocycles. The molecule has 0 spiro atoms. The van der Waals surface area contributed by atoms with Crippen molar-refractivity contribution in [2.45, 2.75) is 65.3 Å². The normalized spacial score (nSPS) is 19.3. The summed E-state index contributed by atoms with van der Waals surface area (Å²) in [4.78, 5) is 4.67. The lowest BCUT2D eigenvalue weighted by molar-refractivity contribution is 0.176. The number of aryl methyl sites for hydroxylation is 1. The lowest BCUT2D eigenvalue weighted by Gasteiger charge is -2.37. The first-order valence-electron chi connectivity index (χ1n) is 7.24. The van der Waals surface area contributed by atoms with Gasteiger partial charge in [-0.1, -0.05) is 33.1 Å². The van der Waals surface area contributed by atoms with Crippen LogP contribution in [0.15, 0.2) is 5.38 Å². The van der Waals surface area contributed by atoms with E-state index >= 15 is 0 Å². The molecule has 0 unspecified atom stereocenters.